The van der Waals surface area contributed by atoms with Gasteiger partial charge in [-0.05, 0) is 32.4 Å². The van der Waals surface area contributed by atoms with Crippen molar-refractivity contribution in [3.63, 3.8) is 0 Å². The highest BCUT2D eigenvalue weighted by Crippen LogP contribution is 2.32. The molecule has 0 fully saturated rings. The number of para-hydroxylation sites is 1. The second-order valence-corrected chi connectivity index (χ2v) is 7.52. The smallest absolute Gasteiger partial charge is 0.401 e. The lowest BCUT2D eigenvalue weighted by atomic mass is 10.0. The third kappa shape index (κ3) is 9.34. The van der Waals surface area contributed by atoms with Crippen LogP contribution in [0.2, 0.25) is 0 Å². The number of hydrogen-bond donors (Lipinski definition) is 1. The van der Waals surface area contributed by atoms with E-state index in [0.717, 1.165) is 32.1 Å². The van der Waals surface area contributed by atoms with Crippen molar-refractivity contribution in [2.45, 2.75) is 77.8 Å². The Labute approximate surface area is 169 Å². The summed E-state index contributed by atoms with van der Waals surface area (Å²) in [5, 5.41) is 0. The molecule has 1 rings (SSSR count). The summed E-state index contributed by atoms with van der Waals surface area (Å²) in [6, 6.07) is 8.69. The molecule has 162 valence electrons. The lowest BCUT2D eigenvalue weighted by Crippen LogP contribution is -2.53. The van der Waals surface area contributed by atoms with Gasteiger partial charge in [0.15, 0.2) is 0 Å². The Morgan fingerprint density at radius 3 is 2.04 bits per heavy atom. The van der Waals surface area contributed by atoms with Crippen LogP contribution in [0, 0.1) is 0 Å². The fourth-order valence-corrected chi connectivity index (χ4v) is 3.49. The van der Waals surface area contributed by atoms with E-state index >= 15 is 0 Å². The van der Waals surface area contributed by atoms with E-state index < -0.39 is 22.5 Å². The molecule has 0 amide bonds. The Kier molecular flexibility index (Phi) is 11.6. The highest BCUT2D eigenvalue weighted by molar-refractivity contribution is 7.80. The van der Waals surface area contributed by atoms with Crippen LogP contribution >= 0.6 is 0 Å². The fourth-order valence-electron chi connectivity index (χ4n) is 2.94. The summed E-state index contributed by atoms with van der Waals surface area (Å²) in [5.74, 6) is -1.44. The molecule has 0 spiro atoms. The van der Waals surface area contributed by atoms with Gasteiger partial charge in [-0.25, -0.2) is 0 Å². The van der Waals surface area contributed by atoms with Gasteiger partial charge in [0.05, 0.1) is 0 Å². The molecular formula is C20H34O7S. The molecule has 8 heteroatoms. The second kappa shape index (κ2) is 13.1. The lowest BCUT2D eigenvalue weighted by molar-refractivity contribution is -0.295. The summed E-state index contributed by atoms with van der Waals surface area (Å²) < 4.78 is 55.1. The van der Waals surface area contributed by atoms with Gasteiger partial charge < -0.3 is 14.2 Å². The molecular weight excluding hydrogens is 384 g/mol. The first-order valence-corrected chi connectivity index (χ1v) is 11.4. The molecule has 0 radical (unpaired) electrons. The lowest BCUT2D eigenvalue weighted by Gasteiger charge is -2.38. The summed E-state index contributed by atoms with van der Waals surface area (Å²) in [5.41, 5.74) is 0. The van der Waals surface area contributed by atoms with Crippen molar-refractivity contribution < 1.29 is 31.4 Å². The van der Waals surface area contributed by atoms with E-state index in [-0.39, 0.29) is 19.6 Å². The standard InChI is InChI=1S/C20H34O7S/c1-4-7-8-9-10-14-17-20(27-28(21,22)23,19(24-5-2)25-6-3)26-18-15-12-11-13-16-18/h11-13,15-16,19H,4-10,14,17H2,1-3H3,(H,21,22,23). The van der Waals surface area contributed by atoms with Crippen molar-refractivity contribution in [1.29, 1.82) is 0 Å². The van der Waals surface area contributed by atoms with Gasteiger partial charge in [0, 0.05) is 19.6 Å². The molecule has 0 saturated heterocycles. The third-order valence-electron chi connectivity index (χ3n) is 4.15. The van der Waals surface area contributed by atoms with Crippen LogP contribution in [0.3, 0.4) is 0 Å². The van der Waals surface area contributed by atoms with E-state index in [0.29, 0.717) is 12.2 Å². The number of unbranched alkanes of at least 4 members (excludes halogenated alkanes) is 5. The molecule has 0 aliphatic carbocycles. The van der Waals surface area contributed by atoms with Crippen LogP contribution in [0.1, 0.15) is 65.7 Å². The summed E-state index contributed by atoms with van der Waals surface area (Å²) >= 11 is 0. The van der Waals surface area contributed by atoms with Gasteiger partial charge in [-0.15, -0.1) is 0 Å². The van der Waals surface area contributed by atoms with Crippen molar-refractivity contribution >= 4 is 10.4 Å². The summed E-state index contributed by atoms with van der Waals surface area (Å²) in [6.07, 6.45) is 5.00. The molecule has 1 aromatic rings. The summed E-state index contributed by atoms with van der Waals surface area (Å²) in [6.45, 7) is 6.19. The largest absolute Gasteiger partial charge is 0.455 e. The van der Waals surface area contributed by atoms with Crippen LogP contribution in [-0.2, 0) is 24.1 Å². The molecule has 1 aromatic carbocycles. The molecule has 1 N–H and O–H groups in total. The van der Waals surface area contributed by atoms with Gasteiger partial charge in [-0.2, -0.15) is 12.6 Å². The van der Waals surface area contributed by atoms with Crippen molar-refractivity contribution in [2.24, 2.45) is 0 Å². The van der Waals surface area contributed by atoms with E-state index in [4.69, 9.17) is 18.4 Å². The number of rotatable bonds is 16. The van der Waals surface area contributed by atoms with Crippen LogP contribution in [0.5, 0.6) is 5.75 Å². The van der Waals surface area contributed by atoms with Crippen LogP contribution in [0.15, 0.2) is 30.3 Å². The normalized spacial score (nSPS) is 14.2. The quantitative estimate of drug-likeness (QED) is 0.236. The number of ether oxygens (including phenoxy) is 3. The Balaban J connectivity index is 3.11. The third-order valence-corrected chi connectivity index (χ3v) is 4.65. The highest BCUT2D eigenvalue weighted by atomic mass is 32.3. The highest BCUT2D eigenvalue weighted by Gasteiger charge is 2.48. The monoisotopic (exact) mass is 418 g/mol. The van der Waals surface area contributed by atoms with E-state index in [1.165, 1.54) is 0 Å². The topological polar surface area (TPSA) is 91.3 Å². The Morgan fingerprint density at radius 2 is 1.50 bits per heavy atom. The van der Waals surface area contributed by atoms with Crippen molar-refractivity contribution in [3.05, 3.63) is 30.3 Å². The maximum absolute atomic E-state index is 11.7. The maximum atomic E-state index is 11.7. The van der Waals surface area contributed by atoms with Crippen LogP contribution < -0.4 is 4.74 Å². The Morgan fingerprint density at radius 1 is 0.929 bits per heavy atom. The van der Waals surface area contributed by atoms with Crippen LogP contribution in [-0.4, -0.2) is 38.3 Å². The number of hydrogen-bond acceptors (Lipinski definition) is 6. The molecule has 0 heterocycles. The Bertz CT molecular complexity index is 615. The van der Waals surface area contributed by atoms with Crippen molar-refractivity contribution in [2.75, 3.05) is 13.2 Å². The Hall–Kier alpha value is -1.19. The molecule has 28 heavy (non-hydrogen) atoms. The minimum Gasteiger partial charge on any atom is -0.455 e. The van der Waals surface area contributed by atoms with Crippen molar-refractivity contribution in [3.8, 4) is 5.75 Å². The zero-order valence-electron chi connectivity index (χ0n) is 17.1. The second-order valence-electron chi connectivity index (χ2n) is 6.50. The van der Waals surface area contributed by atoms with E-state index in [2.05, 4.69) is 6.92 Å². The molecule has 0 aliphatic rings. The van der Waals surface area contributed by atoms with Gasteiger partial charge in [-0.1, -0.05) is 57.2 Å². The zero-order chi connectivity index (χ0) is 20.9. The minimum absolute atomic E-state index is 0.179. The van der Waals surface area contributed by atoms with Crippen LogP contribution in [0.4, 0.5) is 0 Å². The predicted molar refractivity (Wildman–Crippen MR) is 107 cm³/mol. The first-order valence-electron chi connectivity index (χ1n) is 10.0. The van der Waals surface area contributed by atoms with E-state index in [1.807, 2.05) is 6.07 Å². The van der Waals surface area contributed by atoms with Crippen molar-refractivity contribution in [1.82, 2.24) is 0 Å². The van der Waals surface area contributed by atoms with Gasteiger partial charge in [0.1, 0.15) is 5.75 Å². The van der Waals surface area contributed by atoms with Gasteiger partial charge in [-0.3, -0.25) is 4.55 Å². The average Bonchev–Trinajstić information content (AvgIpc) is 2.64. The molecule has 7 nitrogen and oxygen atoms in total. The first kappa shape index (κ1) is 24.8. The van der Waals surface area contributed by atoms with Gasteiger partial charge in [0.2, 0.25) is 6.29 Å². The van der Waals surface area contributed by atoms with Crippen LogP contribution in [0.25, 0.3) is 0 Å². The van der Waals surface area contributed by atoms with E-state index in [1.54, 1.807) is 38.1 Å². The minimum atomic E-state index is -4.82. The fraction of sp³-hybridized carbons (Fsp3) is 0.700. The molecule has 0 bridgehead atoms. The SMILES string of the molecule is CCCCCCCCC(Oc1ccccc1)(OS(=O)(=O)O)C(OCC)OCC. The first-order chi connectivity index (χ1) is 13.4. The van der Waals surface area contributed by atoms with E-state index in [9.17, 15) is 13.0 Å². The maximum Gasteiger partial charge on any atom is 0.401 e. The molecule has 1 atom stereocenters. The van der Waals surface area contributed by atoms with Gasteiger partial charge in [0.25, 0.3) is 5.79 Å². The number of benzene rings is 1. The molecule has 0 aliphatic heterocycles. The molecule has 1 unspecified atom stereocenters. The summed E-state index contributed by atoms with van der Waals surface area (Å²) in [7, 11) is -4.82. The molecule has 0 saturated carbocycles. The zero-order valence-corrected chi connectivity index (χ0v) is 17.9. The summed E-state index contributed by atoms with van der Waals surface area (Å²) in [4.78, 5) is 0. The predicted octanol–water partition coefficient (Wildman–Crippen LogP) is 4.73. The molecule has 0 aromatic heterocycles. The van der Waals surface area contributed by atoms with Gasteiger partial charge >= 0.3 is 10.4 Å². The average molecular weight is 419 g/mol.